The molecule has 1 aliphatic carbocycles. The lowest BCUT2D eigenvalue weighted by Crippen LogP contribution is -2.41. The Hall–Kier alpha value is -2.31. The van der Waals surface area contributed by atoms with Crippen LogP contribution in [0.25, 0.3) is 0 Å². The van der Waals surface area contributed by atoms with E-state index in [1.807, 2.05) is 49.6 Å². The second-order valence-electron chi connectivity index (χ2n) is 8.32. The number of alkyl halides is 1. The van der Waals surface area contributed by atoms with Crippen molar-refractivity contribution in [2.24, 2.45) is 5.92 Å². The molecule has 1 amide bonds. The van der Waals surface area contributed by atoms with Crippen LogP contribution >= 0.6 is 23.4 Å². The first-order valence-electron chi connectivity index (χ1n) is 10.5. The number of hydrogen-bond donors (Lipinski definition) is 0. The molecule has 7 heteroatoms. The van der Waals surface area contributed by atoms with Crippen molar-refractivity contribution in [2.45, 2.75) is 48.6 Å². The third-order valence-corrected chi connectivity index (χ3v) is 7.50. The molecule has 160 valence electrons. The smallest absolute Gasteiger partial charge is 0.295 e. The van der Waals surface area contributed by atoms with Gasteiger partial charge in [-0.3, -0.25) is 14.5 Å². The Kier molecular flexibility index (Phi) is 5.30. The van der Waals surface area contributed by atoms with Crippen LogP contribution in [0.2, 0.25) is 0 Å². The lowest BCUT2D eigenvalue weighted by Gasteiger charge is -2.37. The van der Waals surface area contributed by atoms with Gasteiger partial charge in [-0.05, 0) is 67.8 Å². The molecule has 31 heavy (non-hydrogen) atoms. The summed E-state index contributed by atoms with van der Waals surface area (Å²) in [4.78, 5) is 34.4. The van der Waals surface area contributed by atoms with E-state index in [0.717, 1.165) is 22.4 Å². The highest BCUT2D eigenvalue weighted by atomic mass is 35.5. The van der Waals surface area contributed by atoms with E-state index >= 15 is 0 Å². The van der Waals surface area contributed by atoms with Crippen LogP contribution in [-0.2, 0) is 14.3 Å². The number of Topliss-reactive ketones (excluding diaryl/α,β-unsaturated/α-hetero) is 1. The number of amides is 1. The first kappa shape index (κ1) is 20.6. The number of benzene rings is 1. The van der Waals surface area contributed by atoms with Gasteiger partial charge in [0, 0.05) is 16.5 Å². The Morgan fingerprint density at radius 1 is 1.16 bits per heavy atom. The SMILES string of the molecule is CSc1ccc(C2C3=C(OC4CCC(Cl)CC4C3=O)C(=O)N2c2cc(C)ccn2)cc1. The number of aryl methyl sites for hydroxylation is 1. The molecule has 0 spiro atoms. The van der Waals surface area contributed by atoms with Crippen molar-refractivity contribution in [1.82, 2.24) is 4.98 Å². The Balaban J connectivity index is 1.64. The van der Waals surface area contributed by atoms with Gasteiger partial charge in [0.05, 0.1) is 17.5 Å². The molecule has 0 radical (unpaired) electrons. The summed E-state index contributed by atoms with van der Waals surface area (Å²) >= 11 is 8.04. The lowest BCUT2D eigenvalue weighted by atomic mass is 9.77. The lowest BCUT2D eigenvalue weighted by molar-refractivity contribution is -0.131. The van der Waals surface area contributed by atoms with Crippen LogP contribution in [0.5, 0.6) is 0 Å². The Bertz CT molecular complexity index is 1080. The average Bonchev–Trinajstić information content (AvgIpc) is 3.07. The third-order valence-electron chi connectivity index (χ3n) is 6.36. The molecule has 1 saturated carbocycles. The van der Waals surface area contributed by atoms with Crippen LogP contribution in [-0.4, -0.2) is 34.4 Å². The van der Waals surface area contributed by atoms with E-state index in [9.17, 15) is 9.59 Å². The summed E-state index contributed by atoms with van der Waals surface area (Å²) in [5.41, 5.74) is 2.30. The molecule has 1 aromatic carbocycles. The molecule has 0 bridgehead atoms. The van der Waals surface area contributed by atoms with E-state index in [1.165, 1.54) is 0 Å². The van der Waals surface area contributed by atoms with Crippen molar-refractivity contribution < 1.29 is 14.3 Å². The van der Waals surface area contributed by atoms with Crippen molar-refractivity contribution in [1.29, 1.82) is 0 Å². The van der Waals surface area contributed by atoms with Crippen molar-refractivity contribution >= 4 is 40.9 Å². The number of ketones is 1. The number of carbonyl (C=O) groups excluding carboxylic acids is 2. The maximum absolute atomic E-state index is 13.7. The molecule has 0 N–H and O–H groups in total. The minimum absolute atomic E-state index is 0.0148. The number of ether oxygens (including phenoxy) is 1. The summed E-state index contributed by atoms with van der Waals surface area (Å²) in [6, 6.07) is 11.2. The molecule has 1 fully saturated rings. The molecule has 1 aromatic heterocycles. The molecule has 5 rings (SSSR count). The van der Waals surface area contributed by atoms with Gasteiger partial charge in [-0.15, -0.1) is 23.4 Å². The number of pyridine rings is 1. The van der Waals surface area contributed by atoms with E-state index in [0.29, 0.717) is 24.2 Å². The standard InChI is InChI=1S/C24H23ClN2O3S/c1-13-9-10-26-19(11-13)27-21(14-3-6-16(31-2)7-4-14)20-22(28)17-12-15(25)5-8-18(17)30-23(20)24(27)29/h3-4,6-7,9-11,15,17-18,21H,5,8,12H2,1-2H3. The van der Waals surface area contributed by atoms with E-state index in [2.05, 4.69) is 4.98 Å². The number of thioether (sulfide) groups is 1. The average molecular weight is 455 g/mol. The van der Waals surface area contributed by atoms with Gasteiger partial charge in [0.2, 0.25) is 0 Å². The first-order chi connectivity index (χ1) is 15.0. The number of rotatable bonds is 3. The highest BCUT2D eigenvalue weighted by Gasteiger charge is 2.53. The highest BCUT2D eigenvalue weighted by Crippen LogP contribution is 2.48. The molecule has 4 unspecified atom stereocenters. The van der Waals surface area contributed by atoms with E-state index < -0.39 is 6.04 Å². The summed E-state index contributed by atoms with van der Waals surface area (Å²) in [6.45, 7) is 1.96. The van der Waals surface area contributed by atoms with E-state index in [4.69, 9.17) is 16.3 Å². The number of nitrogens with zero attached hydrogens (tertiary/aromatic N) is 2. The van der Waals surface area contributed by atoms with Gasteiger partial charge in [-0.2, -0.15) is 0 Å². The Labute approximate surface area is 190 Å². The molecule has 0 saturated heterocycles. The Morgan fingerprint density at radius 2 is 1.94 bits per heavy atom. The van der Waals surface area contributed by atoms with E-state index in [1.54, 1.807) is 22.9 Å². The zero-order chi connectivity index (χ0) is 21.7. The van der Waals surface area contributed by atoms with E-state index in [-0.39, 0.29) is 34.8 Å². The van der Waals surface area contributed by atoms with Crippen LogP contribution in [0.1, 0.15) is 36.4 Å². The summed E-state index contributed by atoms with van der Waals surface area (Å²) in [5, 5.41) is -0.0399. The molecule has 4 atom stereocenters. The van der Waals surface area contributed by atoms with Crippen molar-refractivity contribution in [3.8, 4) is 0 Å². The third kappa shape index (κ3) is 3.46. The second-order valence-corrected chi connectivity index (χ2v) is 9.82. The summed E-state index contributed by atoms with van der Waals surface area (Å²) < 4.78 is 6.20. The van der Waals surface area contributed by atoms with Gasteiger partial charge in [0.15, 0.2) is 11.5 Å². The largest absolute Gasteiger partial charge is 0.483 e. The molecular formula is C24H23ClN2O3S. The molecule has 2 aliphatic heterocycles. The quantitative estimate of drug-likeness (QED) is 0.491. The zero-order valence-electron chi connectivity index (χ0n) is 17.4. The van der Waals surface area contributed by atoms with Gasteiger partial charge < -0.3 is 4.74 Å². The summed E-state index contributed by atoms with van der Waals surface area (Å²) in [6.07, 6.45) is 5.47. The van der Waals surface area contributed by atoms with Crippen LogP contribution < -0.4 is 4.90 Å². The number of anilines is 1. The first-order valence-corrected chi connectivity index (χ1v) is 12.1. The molecular weight excluding hydrogens is 432 g/mol. The summed E-state index contributed by atoms with van der Waals surface area (Å²) in [7, 11) is 0. The minimum Gasteiger partial charge on any atom is -0.483 e. The fourth-order valence-corrected chi connectivity index (χ4v) is 5.53. The molecule has 3 aliphatic rings. The topological polar surface area (TPSA) is 59.5 Å². The maximum Gasteiger partial charge on any atom is 0.295 e. The van der Waals surface area contributed by atoms with Gasteiger partial charge in [0.1, 0.15) is 11.9 Å². The highest BCUT2D eigenvalue weighted by molar-refractivity contribution is 7.98. The van der Waals surface area contributed by atoms with Crippen LogP contribution in [0.4, 0.5) is 5.82 Å². The van der Waals surface area contributed by atoms with Gasteiger partial charge >= 0.3 is 0 Å². The maximum atomic E-state index is 13.7. The number of halogens is 1. The van der Waals surface area contributed by atoms with Crippen LogP contribution in [0.15, 0.2) is 58.8 Å². The van der Waals surface area contributed by atoms with Crippen molar-refractivity contribution in [3.63, 3.8) is 0 Å². The summed E-state index contributed by atoms with van der Waals surface area (Å²) in [5.74, 6) is 0.0848. The number of hydrogen-bond acceptors (Lipinski definition) is 5. The number of carbonyl (C=O) groups is 2. The zero-order valence-corrected chi connectivity index (χ0v) is 18.9. The van der Waals surface area contributed by atoms with Crippen LogP contribution in [0, 0.1) is 12.8 Å². The molecule has 2 aromatic rings. The van der Waals surface area contributed by atoms with Crippen LogP contribution in [0.3, 0.4) is 0 Å². The van der Waals surface area contributed by atoms with Crippen molar-refractivity contribution in [2.75, 3.05) is 11.2 Å². The predicted molar refractivity (Wildman–Crippen MR) is 121 cm³/mol. The van der Waals surface area contributed by atoms with Crippen molar-refractivity contribution in [3.05, 3.63) is 65.1 Å². The fraction of sp³-hybridized carbons (Fsp3) is 0.375. The number of fused-ring (bicyclic) bond motifs is 1. The second kappa shape index (κ2) is 7.99. The monoisotopic (exact) mass is 454 g/mol. The van der Waals surface area contributed by atoms with Gasteiger partial charge in [0.25, 0.3) is 5.91 Å². The predicted octanol–water partition coefficient (Wildman–Crippen LogP) is 4.83. The fourth-order valence-electron chi connectivity index (χ4n) is 4.81. The molecule has 3 heterocycles. The minimum atomic E-state index is -0.558. The molecule has 5 nitrogen and oxygen atoms in total. The van der Waals surface area contributed by atoms with Gasteiger partial charge in [-0.1, -0.05) is 12.1 Å². The van der Waals surface area contributed by atoms with Gasteiger partial charge in [-0.25, -0.2) is 4.98 Å². The Morgan fingerprint density at radius 3 is 2.65 bits per heavy atom. The number of aromatic nitrogens is 1. The normalized spacial score (nSPS) is 27.8.